The molecular formula is C24H36N4O2. The number of carbonyl (C=O) groups excluding carboxylic acids is 2. The van der Waals surface area contributed by atoms with E-state index in [1.807, 2.05) is 48.0 Å². The summed E-state index contributed by atoms with van der Waals surface area (Å²) in [5.41, 5.74) is 1.69. The van der Waals surface area contributed by atoms with Crippen LogP contribution in [0.1, 0.15) is 38.7 Å². The van der Waals surface area contributed by atoms with Crippen molar-refractivity contribution in [2.24, 2.45) is 16.7 Å². The first-order valence-corrected chi connectivity index (χ1v) is 11.4. The molecule has 3 aliphatic rings. The van der Waals surface area contributed by atoms with E-state index in [0.717, 1.165) is 56.7 Å². The number of benzene rings is 1. The number of likely N-dealkylation sites (tertiary alicyclic amines) is 3. The maximum absolute atomic E-state index is 13.3. The molecule has 3 amide bonds. The van der Waals surface area contributed by atoms with Gasteiger partial charge in [0.05, 0.1) is 5.41 Å². The third-order valence-corrected chi connectivity index (χ3v) is 7.57. The summed E-state index contributed by atoms with van der Waals surface area (Å²) in [4.78, 5) is 32.6. The highest BCUT2D eigenvalue weighted by Crippen LogP contribution is 2.57. The van der Waals surface area contributed by atoms with E-state index >= 15 is 0 Å². The predicted molar refractivity (Wildman–Crippen MR) is 119 cm³/mol. The Bertz CT molecular complexity index is 815. The molecule has 0 aliphatic carbocycles. The first kappa shape index (κ1) is 21.2. The first-order chi connectivity index (χ1) is 14.2. The number of hydrogen-bond acceptors (Lipinski definition) is 3. The lowest BCUT2D eigenvalue weighted by atomic mass is 9.60. The largest absolute Gasteiger partial charge is 0.345 e. The lowest BCUT2D eigenvalue weighted by molar-refractivity contribution is -0.141. The highest BCUT2D eigenvalue weighted by molar-refractivity contribution is 5.90. The molecule has 6 heteroatoms. The zero-order valence-electron chi connectivity index (χ0n) is 18.9. The minimum absolute atomic E-state index is 0.0101. The Morgan fingerprint density at radius 1 is 1.13 bits per heavy atom. The molecular weight excluding hydrogens is 376 g/mol. The fourth-order valence-electron chi connectivity index (χ4n) is 6.10. The van der Waals surface area contributed by atoms with Crippen molar-refractivity contribution >= 4 is 17.6 Å². The zero-order valence-corrected chi connectivity index (χ0v) is 18.9. The average molecular weight is 413 g/mol. The second kappa shape index (κ2) is 7.88. The smallest absolute Gasteiger partial charge is 0.321 e. The number of rotatable bonds is 3. The van der Waals surface area contributed by atoms with E-state index in [-0.39, 0.29) is 16.9 Å². The summed E-state index contributed by atoms with van der Waals surface area (Å²) in [6.07, 6.45) is 2.76. The Balaban J connectivity index is 1.48. The van der Waals surface area contributed by atoms with Crippen LogP contribution in [-0.2, 0) is 4.79 Å². The summed E-state index contributed by atoms with van der Waals surface area (Å²) >= 11 is 0. The third-order valence-electron chi connectivity index (χ3n) is 7.57. The second-order valence-corrected chi connectivity index (χ2v) is 10.2. The van der Waals surface area contributed by atoms with Gasteiger partial charge in [-0.3, -0.25) is 4.79 Å². The molecule has 3 heterocycles. The number of amides is 3. The highest BCUT2D eigenvalue weighted by atomic mass is 16.2. The molecule has 1 N–H and O–H groups in total. The summed E-state index contributed by atoms with van der Waals surface area (Å²) in [6, 6.07) is 7.88. The number of anilines is 1. The van der Waals surface area contributed by atoms with Gasteiger partial charge in [0.1, 0.15) is 0 Å². The molecule has 1 atom stereocenters. The number of hydrogen-bond donors (Lipinski definition) is 1. The van der Waals surface area contributed by atoms with Crippen LogP contribution in [0.2, 0.25) is 0 Å². The number of urea groups is 1. The van der Waals surface area contributed by atoms with Gasteiger partial charge in [-0.2, -0.15) is 0 Å². The standard InChI is InChI=1S/C24H36N4O2/c1-18(2)15-27-16-23(24(17-27)10-11-26(4)21(24)29)8-12-28(13-9-23)22(30)25-20-7-5-6-19(3)14-20/h5-7,14,18H,8-13,15-17H2,1-4H3,(H,25,30). The summed E-state index contributed by atoms with van der Waals surface area (Å²) in [7, 11) is 1.94. The van der Waals surface area contributed by atoms with Gasteiger partial charge in [-0.25, -0.2) is 4.79 Å². The van der Waals surface area contributed by atoms with Crippen molar-refractivity contribution in [1.29, 1.82) is 0 Å². The minimum atomic E-state index is -0.268. The maximum atomic E-state index is 13.3. The minimum Gasteiger partial charge on any atom is -0.345 e. The molecule has 1 aromatic rings. The van der Waals surface area contributed by atoms with Crippen LogP contribution in [0, 0.1) is 23.7 Å². The third kappa shape index (κ3) is 3.59. The van der Waals surface area contributed by atoms with Crippen LogP contribution in [0.3, 0.4) is 0 Å². The molecule has 0 radical (unpaired) electrons. The van der Waals surface area contributed by atoms with Crippen molar-refractivity contribution in [3.8, 4) is 0 Å². The van der Waals surface area contributed by atoms with Gasteiger partial charge in [-0.05, 0) is 49.8 Å². The van der Waals surface area contributed by atoms with Crippen molar-refractivity contribution in [2.75, 3.05) is 51.6 Å². The SMILES string of the molecule is Cc1cccc(NC(=O)N2CCC3(CC2)CN(CC(C)C)CC32CCN(C)C2=O)c1. The van der Waals surface area contributed by atoms with Crippen LogP contribution in [0.5, 0.6) is 0 Å². The molecule has 1 unspecified atom stereocenters. The summed E-state index contributed by atoms with van der Waals surface area (Å²) < 4.78 is 0. The first-order valence-electron chi connectivity index (χ1n) is 11.4. The molecule has 0 bridgehead atoms. The number of aryl methyl sites for hydroxylation is 1. The monoisotopic (exact) mass is 412 g/mol. The Morgan fingerprint density at radius 3 is 2.47 bits per heavy atom. The Hall–Kier alpha value is -2.08. The van der Waals surface area contributed by atoms with E-state index < -0.39 is 0 Å². The van der Waals surface area contributed by atoms with E-state index in [9.17, 15) is 9.59 Å². The van der Waals surface area contributed by atoms with Crippen LogP contribution in [0.25, 0.3) is 0 Å². The van der Waals surface area contributed by atoms with Crippen LogP contribution in [-0.4, -0.2) is 73.0 Å². The van der Waals surface area contributed by atoms with Crippen LogP contribution in [0.15, 0.2) is 24.3 Å². The average Bonchev–Trinajstić information content (AvgIpc) is 3.14. The molecule has 0 aromatic heterocycles. The number of carbonyl (C=O) groups is 2. The van der Waals surface area contributed by atoms with Crippen molar-refractivity contribution in [2.45, 2.75) is 40.0 Å². The van der Waals surface area contributed by atoms with Crippen molar-refractivity contribution < 1.29 is 9.59 Å². The fraction of sp³-hybridized carbons (Fsp3) is 0.667. The molecule has 3 aliphatic heterocycles. The zero-order chi connectivity index (χ0) is 21.5. The molecule has 6 nitrogen and oxygen atoms in total. The van der Waals surface area contributed by atoms with Crippen molar-refractivity contribution in [3.05, 3.63) is 29.8 Å². The van der Waals surface area contributed by atoms with Crippen LogP contribution in [0.4, 0.5) is 10.5 Å². The highest BCUT2D eigenvalue weighted by Gasteiger charge is 2.64. The molecule has 2 spiro atoms. The van der Waals surface area contributed by atoms with Crippen molar-refractivity contribution in [1.82, 2.24) is 14.7 Å². The number of nitrogens with one attached hydrogen (secondary N) is 1. The van der Waals surface area contributed by atoms with Gasteiger partial charge in [0.15, 0.2) is 0 Å². The van der Waals surface area contributed by atoms with E-state index in [0.29, 0.717) is 24.9 Å². The second-order valence-electron chi connectivity index (χ2n) is 10.2. The van der Waals surface area contributed by atoms with E-state index in [1.165, 1.54) is 0 Å². The Morgan fingerprint density at radius 2 is 1.87 bits per heavy atom. The Kier molecular flexibility index (Phi) is 5.56. The molecule has 164 valence electrons. The molecule has 1 aromatic carbocycles. The van der Waals surface area contributed by atoms with E-state index in [2.05, 4.69) is 24.1 Å². The van der Waals surface area contributed by atoms with Crippen LogP contribution >= 0.6 is 0 Å². The van der Waals surface area contributed by atoms with Crippen LogP contribution < -0.4 is 5.32 Å². The van der Waals surface area contributed by atoms with E-state index in [1.54, 1.807) is 0 Å². The lowest BCUT2D eigenvalue weighted by Crippen LogP contribution is -2.54. The van der Waals surface area contributed by atoms with Crippen molar-refractivity contribution in [3.63, 3.8) is 0 Å². The van der Waals surface area contributed by atoms with Gasteiger partial charge in [-0.1, -0.05) is 26.0 Å². The topological polar surface area (TPSA) is 55.9 Å². The lowest BCUT2D eigenvalue weighted by Gasteiger charge is -2.46. The molecule has 3 saturated heterocycles. The molecule has 3 fully saturated rings. The maximum Gasteiger partial charge on any atom is 0.321 e. The van der Waals surface area contributed by atoms with Gasteiger partial charge in [0, 0.05) is 57.4 Å². The van der Waals surface area contributed by atoms with Gasteiger partial charge >= 0.3 is 6.03 Å². The van der Waals surface area contributed by atoms with Gasteiger partial charge in [0.2, 0.25) is 5.91 Å². The van der Waals surface area contributed by atoms with Gasteiger partial charge in [-0.15, -0.1) is 0 Å². The Labute approximate surface area is 180 Å². The summed E-state index contributed by atoms with van der Waals surface area (Å²) in [5, 5.41) is 3.04. The van der Waals surface area contributed by atoms with Gasteiger partial charge in [0.25, 0.3) is 0 Å². The molecule has 0 saturated carbocycles. The number of nitrogens with zero attached hydrogens (tertiary/aromatic N) is 3. The van der Waals surface area contributed by atoms with Gasteiger partial charge < -0.3 is 20.0 Å². The number of piperidine rings is 1. The molecule has 30 heavy (non-hydrogen) atoms. The normalized spacial score (nSPS) is 26.4. The predicted octanol–water partition coefficient (Wildman–Crippen LogP) is 3.43. The summed E-state index contributed by atoms with van der Waals surface area (Å²) in [6.45, 7) is 11.7. The number of fused-ring (bicyclic) bond motifs is 1. The molecule has 4 rings (SSSR count). The van der Waals surface area contributed by atoms with E-state index in [4.69, 9.17) is 0 Å². The fourth-order valence-corrected chi connectivity index (χ4v) is 6.10. The quantitative estimate of drug-likeness (QED) is 0.828. The summed E-state index contributed by atoms with van der Waals surface area (Å²) in [5.74, 6) is 0.915.